The lowest BCUT2D eigenvalue weighted by Crippen LogP contribution is -2.15. The van der Waals surface area contributed by atoms with E-state index < -0.39 is 35.7 Å². The van der Waals surface area contributed by atoms with Gasteiger partial charge in [0.05, 0.1) is 23.2 Å². The number of esters is 1. The largest absolute Gasteiger partial charge is 0.457 e. The maximum Gasteiger partial charge on any atom is 0.416 e. The minimum atomic E-state index is -4.75. The highest BCUT2D eigenvalue weighted by Crippen LogP contribution is 2.33. The van der Waals surface area contributed by atoms with E-state index in [-0.39, 0.29) is 5.56 Å². The SMILES string of the molecule is CCN(C)C=Nc1cc(C)c(C(=O)OCc2c(F)cccc2C(F)(F)F)cc1C. The molecular formula is C21H22F4N2O2. The van der Waals surface area contributed by atoms with Crippen molar-refractivity contribution in [2.24, 2.45) is 4.99 Å². The maximum absolute atomic E-state index is 13.9. The van der Waals surface area contributed by atoms with Gasteiger partial charge >= 0.3 is 12.1 Å². The summed E-state index contributed by atoms with van der Waals surface area (Å²) in [6.07, 6.45) is -3.09. The molecular weight excluding hydrogens is 388 g/mol. The zero-order chi connectivity index (χ0) is 21.8. The third-order valence-corrected chi connectivity index (χ3v) is 4.43. The number of ether oxygens (including phenoxy) is 1. The fourth-order valence-corrected chi connectivity index (χ4v) is 2.59. The van der Waals surface area contributed by atoms with Crippen molar-refractivity contribution in [1.82, 2.24) is 4.90 Å². The Labute approximate surface area is 166 Å². The highest BCUT2D eigenvalue weighted by Gasteiger charge is 2.34. The van der Waals surface area contributed by atoms with Crippen LogP contribution in [0.2, 0.25) is 0 Å². The zero-order valence-electron chi connectivity index (χ0n) is 16.6. The molecule has 0 saturated carbocycles. The van der Waals surface area contributed by atoms with Crippen LogP contribution in [0.15, 0.2) is 35.3 Å². The van der Waals surface area contributed by atoms with Crippen LogP contribution in [-0.4, -0.2) is 30.8 Å². The van der Waals surface area contributed by atoms with Crippen molar-refractivity contribution in [3.05, 3.63) is 64.0 Å². The predicted molar refractivity (Wildman–Crippen MR) is 103 cm³/mol. The second-order valence-electron chi connectivity index (χ2n) is 6.61. The lowest BCUT2D eigenvalue weighted by molar-refractivity contribution is -0.139. The quantitative estimate of drug-likeness (QED) is 0.276. The molecule has 0 aromatic heterocycles. The molecule has 0 heterocycles. The molecule has 0 aliphatic rings. The topological polar surface area (TPSA) is 41.9 Å². The number of halogens is 4. The van der Waals surface area contributed by atoms with E-state index in [4.69, 9.17) is 4.74 Å². The lowest BCUT2D eigenvalue weighted by Gasteiger charge is -2.15. The average Bonchev–Trinajstić information content (AvgIpc) is 2.65. The monoisotopic (exact) mass is 410 g/mol. The Morgan fingerprint density at radius 1 is 1.21 bits per heavy atom. The molecule has 0 bridgehead atoms. The summed E-state index contributed by atoms with van der Waals surface area (Å²) in [6, 6.07) is 5.86. The zero-order valence-corrected chi connectivity index (χ0v) is 16.6. The molecule has 0 amide bonds. The van der Waals surface area contributed by atoms with Gasteiger partial charge in [-0.1, -0.05) is 6.07 Å². The van der Waals surface area contributed by atoms with Gasteiger partial charge in [0.25, 0.3) is 0 Å². The van der Waals surface area contributed by atoms with Crippen LogP contribution in [0.25, 0.3) is 0 Å². The van der Waals surface area contributed by atoms with E-state index in [0.717, 1.165) is 24.7 Å². The number of benzene rings is 2. The van der Waals surface area contributed by atoms with Crippen molar-refractivity contribution in [1.29, 1.82) is 0 Å². The minimum absolute atomic E-state index is 0.190. The van der Waals surface area contributed by atoms with Crippen molar-refractivity contribution < 1.29 is 27.1 Å². The molecule has 0 radical (unpaired) electrons. The van der Waals surface area contributed by atoms with E-state index in [1.54, 1.807) is 32.3 Å². The smallest absolute Gasteiger partial charge is 0.416 e. The second kappa shape index (κ2) is 9.07. The average molecular weight is 410 g/mol. The summed E-state index contributed by atoms with van der Waals surface area (Å²) < 4.78 is 58.1. The number of rotatable bonds is 6. The summed E-state index contributed by atoms with van der Waals surface area (Å²) in [4.78, 5) is 18.6. The van der Waals surface area contributed by atoms with E-state index in [0.29, 0.717) is 16.8 Å². The molecule has 2 aromatic carbocycles. The van der Waals surface area contributed by atoms with Crippen LogP contribution in [0.1, 0.15) is 39.5 Å². The van der Waals surface area contributed by atoms with Crippen LogP contribution in [0, 0.1) is 19.7 Å². The molecule has 0 aliphatic heterocycles. The molecule has 0 N–H and O–H groups in total. The molecule has 8 heteroatoms. The summed E-state index contributed by atoms with van der Waals surface area (Å²) in [5.41, 5.74) is 0.235. The van der Waals surface area contributed by atoms with Gasteiger partial charge in [0.1, 0.15) is 12.4 Å². The fourth-order valence-electron chi connectivity index (χ4n) is 2.59. The number of hydrogen-bond acceptors (Lipinski definition) is 3. The Morgan fingerprint density at radius 3 is 2.52 bits per heavy atom. The molecule has 0 saturated heterocycles. The van der Waals surface area contributed by atoms with Gasteiger partial charge in [0.2, 0.25) is 0 Å². The summed E-state index contributed by atoms with van der Waals surface area (Å²) in [5.74, 6) is -1.91. The Balaban J connectivity index is 2.23. The van der Waals surface area contributed by atoms with E-state index in [9.17, 15) is 22.4 Å². The van der Waals surface area contributed by atoms with Crippen molar-refractivity contribution in [3.63, 3.8) is 0 Å². The number of carbonyl (C=O) groups is 1. The second-order valence-corrected chi connectivity index (χ2v) is 6.61. The van der Waals surface area contributed by atoms with Crippen LogP contribution >= 0.6 is 0 Å². The molecule has 4 nitrogen and oxygen atoms in total. The third kappa shape index (κ3) is 5.56. The lowest BCUT2D eigenvalue weighted by atomic mass is 10.0. The van der Waals surface area contributed by atoms with Crippen LogP contribution in [0.5, 0.6) is 0 Å². The Bertz CT molecular complexity index is 924. The number of carbonyl (C=O) groups excluding carboxylic acids is 1. The van der Waals surface area contributed by atoms with Gasteiger partial charge in [-0.3, -0.25) is 0 Å². The summed E-state index contributed by atoms with van der Waals surface area (Å²) >= 11 is 0. The molecule has 156 valence electrons. The number of nitrogens with zero attached hydrogens (tertiary/aromatic N) is 2. The van der Waals surface area contributed by atoms with Crippen LogP contribution in [0.3, 0.4) is 0 Å². The van der Waals surface area contributed by atoms with Gasteiger partial charge in [-0.2, -0.15) is 13.2 Å². The summed E-state index contributed by atoms with van der Waals surface area (Å²) in [6.45, 7) is 5.36. The Kier molecular flexibility index (Phi) is 7.00. The highest BCUT2D eigenvalue weighted by atomic mass is 19.4. The summed E-state index contributed by atoms with van der Waals surface area (Å²) in [7, 11) is 1.87. The molecule has 29 heavy (non-hydrogen) atoms. The first-order chi connectivity index (χ1) is 13.5. The fraction of sp³-hybridized carbons (Fsp3) is 0.333. The predicted octanol–water partition coefficient (Wildman–Crippen LogP) is 5.43. The third-order valence-electron chi connectivity index (χ3n) is 4.43. The van der Waals surface area contributed by atoms with Crippen LogP contribution in [0.4, 0.5) is 23.2 Å². The first-order valence-electron chi connectivity index (χ1n) is 8.92. The molecule has 2 aromatic rings. The Morgan fingerprint density at radius 2 is 1.90 bits per heavy atom. The van der Waals surface area contributed by atoms with E-state index >= 15 is 0 Å². The van der Waals surface area contributed by atoms with Gasteiger partial charge in [-0.25, -0.2) is 14.2 Å². The van der Waals surface area contributed by atoms with E-state index in [1.807, 2.05) is 18.9 Å². The maximum atomic E-state index is 13.9. The molecule has 0 spiro atoms. The summed E-state index contributed by atoms with van der Waals surface area (Å²) in [5, 5.41) is 0. The van der Waals surface area contributed by atoms with Crippen molar-refractivity contribution in [2.75, 3.05) is 13.6 Å². The minimum Gasteiger partial charge on any atom is -0.457 e. The molecule has 0 unspecified atom stereocenters. The molecule has 0 aliphatic carbocycles. The number of aliphatic imine (C=N–C) groups is 1. The normalized spacial score (nSPS) is 11.7. The standard InChI is InChI=1S/C21H22F4N2O2/c1-5-27(4)12-26-19-10-13(2)15(9-14(19)3)20(28)29-11-16-17(21(23,24)25)7-6-8-18(16)22/h6-10,12H,5,11H2,1-4H3. The number of alkyl halides is 3. The molecule has 2 rings (SSSR count). The van der Waals surface area contributed by atoms with Gasteiger partial charge in [-0.15, -0.1) is 0 Å². The van der Waals surface area contributed by atoms with E-state index in [2.05, 4.69) is 4.99 Å². The Hall–Kier alpha value is -2.90. The van der Waals surface area contributed by atoms with Gasteiger partial charge in [0, 0.05) is 19.2 Å². The number of aryl methyl sites for hydroxylation is 2. The van der Waals surface area contributed by atoms with Crippen LogP contribution < -0.4 is 0 Å². The van der Waals surface area contributed by atoms with Gasteiger partial charge < -0.3 is 9.64 Å². The van der Waals surface area contributed by atoms with Gasteiger partial charge in [-0.05, 0) is 56.2 Å². The molecule has 0 fully saturated rings. The van der Waals surface area contributed by atoms with E-state index in [1.165, 1.54) is 0 Å². The highest BCUT2D eigenvalue weighted by molar-refractivity contribution is 5.92. The van der Waals surface area contributed by atoms with Gasteiger partial charge in [0.15, 0.2) is 0 Å². The van der Waals surface area contributed by atoms with Crippen molar-refractivity contribution >= 4 is 18.0 Å². The van der Waals surface area contributed by atoms with Crippen molar-refractivity contribution in [3.8, 4) is 0 Å². The number of hydrogen-bond donors (Lipinski definition) is 0. The van der Waals surface area contributed by atoms with Crippen molar-refractivity contribution in [2.45, 2.75) is 33.6 Å². The molecule has 0 atom stereocenters. The first kappa shape index (κ1) is 22.4. The van der Waals surface area contributed by atoms with Crippen LogP contribution in [-0.2, 0) is 17.5 Å². The first-order valence-corrected chi connectivity index (χ1v) is 8.92.